The van der Waals surface area contributed by atoms with E-state index in [0.717, 1.165) is 5.03 Å². The maximum Gasteiger partial charge on any atom is 0.123 e. The van der Waals surface area contributed by atoms with Gasteiger partial charge in [-0.2, -0.15) is 5.10 Å². The minimum atomic E-state index is 1.02. The van der Waals surface area contributed by atoms with Gasteiger partial charge in [-0.1, -0.05) is 30.0 Å². The van der Waals surface area contributed by atoms with Gasteiger partial charge in [-0.15, -0.1) is 0 Å². The van der Waals surface area contributed by atoms with Crippen LogP contribution >= 0.6 is 11.8 Å². The van der Waals surface area contributed by atoms with Crippen LogP contribution in [-0.2, 0) is 0 Å². The summed E-state index contributed by atoms with van der Waals surface area (Å²) in [4.78, 5) is 1.31. The van der Waals surface area contributed by atoms with Crippen LogP contribution in [0.4, 0.5) is 0 Å². The summed E-state index contributed by atoms with van der Waals surface area (Å²) >= 11 is 1.71. The number of aromatic nitrogens is 2. The van der Waals surface area contributed by atoms with Crippen LogP contribution in [0.1, 0.15) is 11.1 Å². The molecule has 0 aliphatic heterocycles. The highest BCUT2D eigenvalue weighted by Gasteiger charge is 2.04. The Kier molecular flexibility index (Phi) is 2.59. The first-order valence-electron chi connectivity index (χ1n) is 4.51. The van der Waals surface area contributed by atoms with Gasteiger partial charge in [-0.3, -0.25) is 5.10 Å². The zero-order chi connectivity index (χ0) is 9.97. The predicted molar refractivity (Wildman–Crippen MR) is 58.6 cm³/mol. The molecule has 0 fully saturated rings. The highest BCUT2D eigenvalue weighted by atomic mass is 32.2. The summed E-state index contributed by atoms with van der Waals surface area (Å²) < 4.78 is 0. The molecule has 0 spiro atoms. The standard InChI is InChI=1S/C11H12N2S/c1-8-4-3-5-9(2)11(8)14-10-6-7-12-13-10/h3-7H,1-2H3,(H,12,13). The fourth-order valence-electron chi connectivity index (χ4n) is 1.37. The first kappa shape index (κ1) is 9.34. The Morgan fingerprint density at radius 1 is 1.14 bits per heavy atom. The summed E-state index contributed by atoms with van der Waals surface area (Å²) in [6.07, 6.45) is 1.84. The van der Waals surface area contributed by atoms with Gasteiger partial charge in [-0.25, -0.2) is 0 Å². The molecule has 14 heavy (non-hydrogen) atoms. The lowest BCUT2D eigenvalue weighted by Gasteiger charge is -2.06. The number of aryl methyl sites for hydroxylation is 2. The number of nitrogens with one attached hydrogen (secondary N) is 1. The Labute approximate surface area is 87.7 Å². The van der Waals surface area contributed by atoms with Gasteiger partial charge in [0, 0.05) is 11.1 Å². The molecule has 2 aromatic rings. The van der Waals surface area contributed by atoms with Crippen LogP contribution in [0.15, 0.2) is 40.4 Å². The van der Waals surface area contributed by atoms with Gasteiger partial charge < -0.3 is 0 Å². The molecular weight excluding hydrogens is 192 g/mol. The second kappa shape index (κ2) is 3.88. The zero-order valence-corrected chi connectivity index (χ0v) is 9.06. The molecule has 72 valence electrons. The van der Waals surface area contributed by atoms with E-state index in [-0.39, 0.29) is 0 Å². The second-order valence-electron chi connectivity index (χ2n) is 3.24. The molecule has 2 rings (SSSR count). The van der Waals surface area contributed by atoms with Crippen molar-refractivity contribution in [2.45, 2.75) is 23.8 Å². The van der Waals surface area contributed by atoms with Crippen LogP contribution in [-0.4, -0.2) is 10.2 Å². The SMILES string of the molecule is Cc1cccc(C)c1Sc1cc[nH]n1. The van der Waals surface area contributed by atoms with Gasteiger partial charge in [0.05, 0.1) is 0 Å². The second-order valence-corrected chi connectivity index (χ2v) is 4.27. The monoisotopic (exact) mass is 204 g/mol. The Morgan fingerprint density at radius 2 is 1.86 bits per heavy atom. The molecule has 0 saturated heterocycles. The minimum absolute atomic E-state index is 1.02. The molecule has 1 aromatic carbocycles. The van der Waals surface area contributed by atoms with Crippen molar-refractivity contribution in [3.63, 3.8) is 0 Å². The Balaban J connectivity index is 2.33. The first-order chi connectivity index (χ1) is 6.77. The van der Waals surface area contributed by atoms with Gasteiger partial charge in [0.2, 0.25) is 0 Å². The molecule has 0 unspecified atom stereocenters. The van der Waals surface area contributed by atoms with Crippen LogP contribution in [0, 0.1) is 13.8 Å². The lowest BCUT2D eigenvalue weighted by Crippen LogP contribution is -1.84. The van der Waals surface area contributed by atoms with E-state index in [2.05, 4.69) is 42.2 Å². The molecule has 0 bridgehead atoms. The van der Waals surface area contributed by atoms with Crippen molar-refractivity contribution in [3.05, 3.63) is 41.6 Å². The number of aromatic amines is 1. The van der Waals surface area contributed by atoms with E-state index >= 15 is 0 Å². The van der Waals surface area contributed by atoms with Gasteiger partial charge in [-0.05, 0) is 31.0 Å². The average Bonchev–Trinajstić information content (AvgIpc) is 2.64. The predicted octanol–water partition coefficient (Wildman–Crippen LogP) is 3.18. The minimum Gasteiger partial charge on any atom is -0.285 e. The largest absolute Gasteiger partial charge is 0.285 e. The lowest BCUT2D eigenvalue weighted by molar-refractivity contribution is 1.00. The molecule has 1 aromatic heterocycles. The number of hydrogen-bond acceptors (Lipinski definition) is 2. The summed E-state index contributed by atoms with van der Waals surface area (Å²) in [7, 11) is 0. The summed E-state index contributed by atoms with van der Waals surface area (Å²) in [5.41, 5.74) is 2.61. The van der Waals surface area contributed by atoms with E-state index < -0.39 is 0 Å². The van der Waals surface area contributed by atoms with E-state index in [1.54, 1.807) is 11.8 Å². The summed E-state index contributed by atoms with van der Waals surface area (Å²) in [5.74, 6) is 0. The van der Waals surface area contributed by atoms with E-state index in [4.69, 9.17) is 0 Å². The number of rotatable bonds is 2. The molecule has 0 amide bonds. The van der Waals surface area contributed by atoms with Crippen LogP contribution in [0.25, 0.3) is 0 Å². The van der Waals surface area contributed by atoms with Crippen molar-refractivity contribution < 1.29 is 0 Å². The fraction of sp³-hybridized carbons (Fsp3) is 0.182. The van der Waals surface area contributed by atoms with Gasteiger partial charge in [0.15, 0.2) is 0 Å². The molecule has 0 atom stereocenters. The zero-order valence-electron chi connectivity index (χ0n) is 8.24. The highest BCUT2D eigenvalue weighted by molar-refractivity contribution is 7.99. The van der Waals surface area contributed by atoms with E-state index in [1.807, 2.05) is 12.3 Å². The maximum absolute atomic E-state index is 4.13. The number of nitrogens with zero attached hydrogens (tertiary/aromatic N) is 1. The Bertz CT molecular complexity index is 401. The van der Waals surface area contributed by atoms with Crippen LogP contribution < -0.4 is 0 Å². The van der Waals surface area contributed by atoms with Crippen LogP contribution in [0.5, 0.6) is 0 Å². The van der Waals surface area contributed by atoms with Crippen molar-refractivity contribution in [1.82, 2.24) is 10.2 Å². The molecule has 0 saturated carbocycles. The van der Waals surface area contributed by atoms with Crippen molar-refractivity contribution in [3.8, 4) is 0 Å². The normalized spacial score (nSPS) is 10.4. The number of H-pyrrole nitrogens is 1. The molecule has 2 nitrogen and oxygen atoms in total. The molecule has 1 heterocycles. The maximum atomic E-state index is 4.13. The highest BCUT2D eigenvalue weighted by Crippen LogP contribution is 2.31. The van der Waals surface area contributed by atoms with Crippen molar-refractivity contribution >= 4 is 11.8 Å². The van der Waals surface area contributed by atoms with Crippen molar-refractivity contribution in [1.29, 1.82) is 0 Å². The van der Waals surface area contributed by atoms with Crippen LogP contribution in [0.2, 0.25) is 0 Å². The Morgan fingerprint density at radius 3 is 2.43 bits per heavy atom. The molecular formula is C11H12N2S. The third-order valence-corrected chi connectivity index (χ3v) is 3.38. The Hall–Kier alpha value is -1.22. The van der Waals surface area contributed by atoms with E-state index in [1.165, 1.54) is 16.0 Å². The molecule has 1 N–H and O–H groups in total. The average molecular weight is 204 g/mol. The van der Waals surface area contributed by atoms with Crippen molar-refractivity contribution in [2.75, 3.05) is 0 Å². The number of hydrogen-bond donors (Lipinski definition) is 1. The lowest BCUT2D eigenvalue weighted by atomic mass is 10.2. The van der Waals surface area contributed by atoms with Gasteiger partial charge in [0.25, 0.3) is 0 Å². The smallest absolute Gasteiger partial charge is 0.123 e. The molecule has 0 radical (unpaired) electrons. The summed E-state index contributed by atoms with van der Waals surface area (Å²) in [6, 6.07) is 8.32. The topological polar surface area (TPSA) is 28.7 Å². The van der Waals surface area contributed by atoms with E-state index in [0.29, 0.717) is 0 Å². The van der Waals surface area contributed by atoms with E-state index in [9.17, 15) is 0 Å². The number of benzene rings is 1. The summed E-state index contributed by atoms with van der Waals surface area (Å²) in [6.45, 7) is 4.25. The first-order valence-corrected chi connectivity index (χ1v) is 5.33. The quantitative estimate of drug-likeness (QED) is 0.814. The van der Waals surface area contributed by atoms with Gasteiger partial charge in [0.1, 0.15) is 5.03 Å². The molecule has 3 heteroatoms. The summed E-state index contributed by atoms with van der Waals surface area (Å²) in [5, 5.41) is 7.97. The molecule has 0 aliphatic carbocycles. The van der Waals surface area contributed by atoms with Crippen molar-refractivity contribution in [2.24, 2.45) is 0 Å². The third kappa shape index (κ3) is 1.82. The fourth-order valence-corrected chi connectivity index (χ4v) is 2.27. The molecule has 0 aliphatic rings. The third-order valence-electron chi connectivity index (χ3n) is 2.09. The van der Waals surface area contributed by atoms with Gasteiger partial charge >= 0.3 is 0 Å². The van der Waals surface area contributed by atoms with Crippen LogP contribution in [0.3, 0.4) is 0 Å².